The fourth-order valence-corrected chi connectivity index (χ4v) is 7.13. The van der Waals surface area contributed by atoms with Crippen LogP contribution in [-0.4, -0.2) is 4.57 Å². The highest BCUT2D eigenvalue weighted by Crippen LogP contribution is 2.56. The first kappa shape index (κ1) is 24.9. The van der Waals surface area contributed by atoms with Crippen molar-refractivity contribution in [2.24, 2.45) is 0 Å². The van der Waals surface area contributed by atoms with E-state index in [2.05, 4.69) is 127 Å². The Morgan fingerprint density at radius 3 is 1.91 bits per heavy atom. The van der Waals surface area contributed by atoms with Crippen LogP contribution in [0.25, 0.3) is 38.6 Å². The van der Waals surface area contributed by atoms with Crippen LogP contribution < -0.4 is 0 Å². The molecule has 0 radical (unpaired) electrons. The van der Waals surface area contributed by atoms with E-state index in [4.69, 9.17) is 0 Å². The Labute approximate surface area is 250 Å². The Hall–Kier alpha value is -5.90. The molecule has 1 atom stereocenters. The highest BCUT2D eigenvalue weighted by molar-refractivity contribution is 6.10. The average molecular weight is 548 g/mol. The fraction of sp³-hybridized carbons (Fsp3) is 0.0500. The summed E-state index contributed by atoms with van der Waals surface area (Å²) < 4.78 is 2.28. The summed E-state index contributed by atoms with van der Waals surface area (Å²) in [6.07, 6.45) is 0. The van der Waals surface area contributed by atoms with E-state index in [0.29, 0.717) is 11.1 Å². The van der Waals surface area contributed by atoms with Gasteiger partial charge < -0.3 is 4.57 Å². The van der Waals surface area contributed by atoms with Crippen molar-refractivity contribution >= 4 is 21.8 Å². The molecule has 1 heterocycles. The third-order valence-electron chi connectivity index (χ3n) is 9.00. The minimum absolute atomic E-state index is 0.587. The number of para-hydroxylation sites is 1. The summed E-state index contributed by atoms with van der Waals surface area (Å²) in [5.41, 5.74) is 12.1. The van der Waals surface area contributed by atoms with Crippen molar-refractivity contribution in [1.29, 1.82) is 10.5 Å². The Bertz CT molecular complexity index is 2310. The second-order valence-corrected chi connectivity index (χ2v) is 11.3. The van der Waals surface area contributed by atoms with E-state index in [1.807, 2.05) is 30.3 Å². The van der Waals surface area contributed by atoms with Crippen LogP contribution in [0.1, 0.15) is 38.9 Å². The van der Waals surface area contributed by atoms with Crippen molar-refractivity contribution in [2.75, 3.05) is 0 Å². The van der Waals surface area contributed by atoms with Crippen molar-refractivity contribution in [3.63, 3.8) is 0 Å². The summed E-state index contributed by atoms with van der Waals surface area (Å²) in [5.74, 6) is 0. The molecule has 0 saturated carbocycles. The fourth-order valence-electron chi connectivity index (χ4n) is 7.13. The highest BCUT2D eigenvalue weighted by atomic mass is 15.0. The molecule has 3 heteroatoms. The number of aryl methyl sites for hydroxylation is 1. The van der Waals surface area contributed by atoms with Crippen molar-refractivity contribution in [3.8, 4) is 29.0 Å². The zero-order chi connectivity index (χ0) is 29.1. The number of rotatable bonds is 3. The molecule has 0 aliphatic heterocycles. The van der Waals surface area contributed by atoms with Gasteiger partial charge in [-0.2, -0.15) is 10.5 Å². The van der Waals surface area contributed by atoms with E-state index in [9.17, 15) is 10.5 Å². The van der Waals surface area contributed by atoms with E-state index >= 15 is 0 Å². The predicted octanol–water partition coefficient (Wildman–Crippen LogP) is 9.20. The molecule has 0 saturated heterocycles. The summed E-state index contributed by atoms with van der Waals surface area (Å²) >= 11 is 0. The Balaban J connectivity index is 1.52. The SMILES string of the molecule is Cc1ccc(C2(c3ccc4c(c3)c3cc(C#N)ccc3n4-c3ccccc3)c3ccccc3-c3cc(C#N)ccc32)cc1. The van der Waals surface area contributed by atoms with Gasteiger partial charge in [-0.25, -0.2) is 0 Å². The second kappa shape index (κ2) is 9.31. The molecule has 1 aromatic heterocycles. The van der Waals surface area contributed by atoms with E-state index in [0.717, 1.165) is 44.2 Å². The zero-order valence-corrected chi connectivity index (χ0v) is 23.5. The van der Waals surface area contributed by atoms with Crippen LogP contribution in [0.15, 0.2) is 133 Å². The largest absolute Gasteiger partial charge is 0.309 e. The van der Waals surface area contributed by atoms with Gasteiger partial charge in [-0.15, -0.1) is 0 Å². The molecule has 6 aromatic carbocycles. The number of aromatic nitrogens is 1. The summed E-state index contributed by atoms with van der Waals surface area (Å²) in [7, 11) is 0. The second-order valence-electron chi connectivity index (χ2n) is 11.3. The maximum atomic E-state index is 9.81. The van der Waals surface area contributed by atoms with Gasteiger partial charge in [-0.1, -0.05) is 84.4 Å². The number of benzene rings is 6. The molecule has 1 aliphatic carbocycles. The smallest absolute Gasteiger partial charge is 0.0991 e. The van der Waals surface area contributed by atoms with Gasteiger partial charge >= 0.3 is 0 Å². The monoisotopic (exact) mass is 547 g/mol. The van der Waals surface area contributed by atoms with Crippen LogP contribution in [0.5, 0.6) is 0 Å². The molecule has 8 rings (SSSR count). The van der Waals surface area contributed by atoms with Gasteiger partial charge in [-0.3, -0.25) is 0 Å². The molecule has 1 unspecified atom stereocenters. The summed E-state index contributed by atoms with van der Waals surface area (Å²) in [4.78, 5) is 0. The van der Waals surface area contributed by atoms with Gasteiger partial charge in [0, 0.05) is 16.5 Å². The Morgan fingerprint density at radius 1 is 0.535 bits per heavy atom. The first-order chi connectivity index (χ1) is 21.1. The maximum Gasteiger partial charge on any atom is 0.0991 e. The zero-order valence-electron chi connectivity index (χ0n) is 23.5. The average Bonchev–Trinajstić information content (AvgIpc) is 3.55. The molecule has 7 aromatic rings. The number of hydrogen-bond acceptors (Lipinski definition) is 2. The number of nitriles is 2. The summed E-state index contributed by atoms with van der Waals surface area (Å²) in [5, 5.41) is 21.8. The Morgan fingerprint density at radius 2 is 1.14 bits per heavy atom. The van der Waals surface area contributed by atoms with E-state index in [1.54, 1.807) is 0 Å². The van der Waals surface area contributed by atoms with E-state index in [1.165, 1.54) is 22.3 Å². The lowest BCUT2D eigenvalue weighted by molar-refractivity contribution is 0.769. The summed E-state index contributed by atoms with van der Waals surface area (Å²) in [6.45, 7) is 2.11. The quantitative estimate of drug-likeness (QED) is 0.221. The van der Waals surface area contributed by atoms with Gasteiger partial charge in [-0.05, 0) is 94.9 Å². The third-order valence-corrected chi connectivity index (χ3v) is 9.00. The van der Waals surface area contributed by atoms with Gasteiger partial charge in [0.05, 0.1) is 39.7 Å². The highest BCUT2D eigenvalue weighted by Gasteiger charge is 2.46. The van der Waals surface area contributed by atoms with E-state index < -0.39 is 5.41 Å². The molecule has 3 nitrogen and oxygen atoms in total. The first-order valence-corrected chi connectivity index (χ1v) is 14.4. The molecular formula is C40H25N3. The van der Waals surface area contributed by atoms with Gasteiger partial charge in [0.1, 0.15) is 0 Å². The molecule has 0 fully saturated rings. The number of fused-ring (bicyclic) bond motifs is 6. The van der Waals surface area contributed by atoms with Crippen LogP contribution in [0.2, 0.25) is 0 Å². The predicted molar refractivity (Wildman–Crippen MR) is 172 cm³/mol. The van der Waals surface area contributed by atoms with Crippen LogP contribution >= 0.6 is 0 Å². The van der Waals surface area contributed by atoms with Gasteiger partial charge in [0.2, 0.25) is 0 Å². The lowest BCUT2D eigenvalue weighted by Crippen LogP contribution is -2.28. The number of nitrogens with zero attached hydrogens (tertiary/aromatic N) is 3. The number of hydrogen-bond donors (Lipinski definition) is 0. The van der Waals surface area contributed by atoms with Crippen molar-refractivity contribution in [1.82, 2.24) is 4.57 Å². The molecule has 0 amide bonds. The lowest BCUT2D eigenvalue weighted by atomic mass is 9.67. The molecule has 0 bridgehead atoms. The summed E-state index contributed by atoms with van der Waals surface area (Å²) in [6, 6.07) is 51.4. The molecule has 200 valence electrons. The molecule has 0 spiro atoms. The topological polar surface area (TPSA) is 52.5 Å². The minimum atomic E-state index is -0.587. The first-order valence-electron chi connectivity index (χ1n) is 14.4. The van der Waals surface area contributed by atoms with Crippen molar-refractivity contribution in [3.05, 3.63) is 172 Å². The third kappa shape index (κ3) is 3.46. The normalized spacial score (nSPS) is 15.1. The van der Waals surface area contributed by atoms with Crippen molar-refractivity contribution < 1.29 is 0 Å². The maximum absolute atomic E-state index is 9.81. The van der Waals surface area contributed by atoms with E-state index in [-0.39, 0.29) is 0 Å². The van der Waals surface area contributed by atoms with Crippen LogP contribution in [0, 0.1) is 29.6 Å². The van der Waals surface area contributed by atoms with Gasteiger partial charge in [0.15, 0.2) is 0 Å². The van der Waals surface area contributed by atoms with Crippen LogP contribution in [0.3, 0.4) is 0 Å². The van der Waals surface area contributed by atoms with Crippen LogP contribution in [0.4, 0.5) is 0 Å². The molecule has 1 aliphatic rings. The molecule has 43 heavy (non-hydrogen) atoms. The Kier molecular flexibility index (Phi) is 5.39. The minimum Gasteiger partial charge on any atom is -0.309 e. The van der Waals surface area contributed by atoms with Crippen LogP contribution in [-0.2, 0) is 5.41 Å². The van der Waals surface area contributed by atoms with Gasteiger partial charge in [0.25, 0.3) is 0 Å². The molecule has 0 N–H and O–H groups in total. The molecular weight excluding hydrogens is 522 g/mol. The lowest BCUT2D eigenvalue weighted by Gasteiger charge is -2.34. The standard InChI is InChI=1S/C40H25N3/c1-26-11-15-29(16-12-26)40(36-10-6-5-9-32(36)33-21-27(24-41)13-18-37(33)40)30-17-20-39-35(23-30)34-22-28(25-42)14-19-38(34)43(39)31-7-3-2-4-8-31/h2-23H,1H3. The van der Waals surface area contributed by atoms with Crippen molar-refractivity contribution in [2.45, 2.75) is 12.3 Å².